The van der Waals surface area contributed by atoms with Crippen LogP contribution in [0.15, 0.2) is 12.4 Å². The number of nitrogens with zero attached hydrogens (tertiary/aromatic N) is 4. The summed E-state index contributed by atoms with van der Waals surface area (Å²) in [5.41, 5.74) is 6.49. The summed E-state index contributed by atoms with van der Waals surface area (Å²) in [5, 5.41) is 4.17. The zero-order chi connectivity index (χ0) is 10.3. The zero-order valence-corrected chi connectivity index (χ0v) is 8.52. The Morgan fingerprint density at radius 3 is 2.79 bits per heavy atom. The van der Waals surface area contributed by atoms with Gasteiger partial charge >= 0.3 is 0 Å². The summed E-state index contributed by atoms with van der Waals surface area (Å²) in [4.78, 5) is 8.31. The van der Waals surface area contributed by atoms with Crippen LogP contribution < -0.4 is 5.73 Å². The van der Waals surface area contributed by atoms with Crippen molar-refractivity contribution >= 4 is 5.78 Å². The van der Waals surface area contributed by atoms with Crippen molar-refractivity contribution in [2.24, 2.45) is 5.73 Å². The normalized spacial score (nSPS) is 12.3. The van der Waals surface area contributed by atoms with Gasteiger partial charge in [-0.3, -0.25) is 0 Å². The number of nitrogens with two attached hydrogens (primary N) is 1. The molecule has 0 spiro atoms. The van der Waals surface area contributed by atoms with Crippen LogP contribution in [-0.4, -0.2) is 19.6 Å². The second-order valence-electron chi connectivity index (χ2n) is 3.97. The minimum absolute atomic E-state index is 0.402. The fourth-order valence-electron chi connectivity index (χ4n) is 1.22. The van der Waals surface area contributed by atoms with Gasteiger partial charge in [0.25, 0.3) is 5.78 Å². The van der Waals surface area contributed by atoms with Crippen molar-refractivity contribution in [1.82, 2.24) is 19.6 Å². The number of hydrogen-bond donors (Lipinski definition) is 1. The number of aryl methyl sites for hydroxylation is 1. The standard InChI is InChI=1S/C9H13N5/c1-6-12-8-11-4-7(9(2,3)10)5-14(8)13-6/h4-5H,10H2,1-3H3. The van der Waals surface area contributed by atoms with Gasteiger partial charge in [0, 0.05) is 23.5 Å². The summed E-state index contributed by atoms with van der Waals surface area (Å²) < 4.78 is 1.65. The van der Waals surface area contributed by atoms with E-state index < -0.39 is 5.54 Å². The van der Waals surface area contributed by atoms with E-state index in [1.807, 2.05) is 27.0 Å². The molecule has 0 unspecified atom stereocenters. The van der Waals surface area contributed by atoms with Crippen LogP contribution in [0.5, 0.6) is 0 Å². The molecule has 0 atom stereocenters. The maximum atomic E-state index is 5.95. The molecule has 5 nitrogen and oxygen atoms in total. The molecule has 0 bridgehead atoms. The van der Waals surface area contributed by atoms with E-state index in [9.17, 15) is 0 Å². The van der Waals surface area contributed by atoms with Crippen LogP contribution in [0.4, 0.5) is 0 Å². The summed E-state index contributed by atoms with van der Waals surface area (Å²) >= 11 is 0. The van der Waals surface area contributed by atoms with Gasteiger partial charge in [-0.25, -0.2) is 9.50 Å². The van der Waals surface area contributed by atoms with Crippen molar-refractivity contribution in [3.63, 3.8) is 0 Å². The molecule has 0 aliphatic rings. The van der Waals surface area contributed by atoms with Crippen LogP contribution in [0.3, 0.4) is 0 Å². The second kappa shape index (κ2) is 2.75. The maximum absolute atomic E-state index is 5.95. The molecule has 0 aromatic carbocycles. The van der Waals surface area contributed by atoms with E-state index in [4.69, 9.17) is 5.73 Å². The molecule has 0 amide bonds. The van der Waals surface area contributed by atoms with Crippen molar-refractivity contribution in [3.8, 4) is 0 Å². The lowest BCUT2D eigenvalue weighted by molar-refractivity contribution is 0.546. The number of hydrogen-bond acceptors (Lipinski definition) is 4. The Labute approximate surface area is 82.0 Å². The Bertz CT molecular complexity index is 465. The number of aromatic nitrogens is 4. The number of fused-ring (bicyclic) bond motifs is 1. The molecule has 74 valence electrons. The van der Waals surface area contributed by atoms with E-state index in [2.05, 4.69) is 15.1 Å². The molecule has 2 aromatic rings. The van der Waals surface area contributed by atoms with E-state index in [0.717, 1.165) is 5.56 Å². The molecular weight excluding hydrogens is 178 g/mol. The third-order valence-corrected chi connectivity index (χ3v) is 2.04. The first-order valence-corrected chi connectivity index (χ1v) is 4.45. The molecule has 14 heavy (non-hydrogen) atoms. The van der Waals surface area contributed by atoms with Crippen molar-refractivity contribution in [1.29, 1.82) is 0 Å². The molecular formula is C9H13N5. The lowest BCUT2D eigenvalue weighted by Crippen LogP contribution is -2.29. The highest BCUT2D eigenvalue weighted by molar-refractivity contribution is 5.29. The van der Waals surface area contributed by atoms with E-state index in [-0.39, 0.29) is 0 Å². The van der Waals surface area contributed by atoms with Crippen LogP contribution in [0.2, 0.25) is 0 Å². The summed E-state index contributed by atoms with van der Waals surface area (Å²) in [5.74, 6) is 1.32. The Morgan fingerprint density at radius 1 is 1.43 bits per heavy atom. The van der Waals surface area contributed by atoms with Gasteiger partial charge in [0.05, 0.1) is 0 Å². The van der Waals surface area contributed by atoms with Crippen LogP contribution in [0.1, 0.15) is 25.2 Å². The highest BCUT2D eigenvalue weighted by Crippen LogP contribution is 2.15. The minimum Gasteiger partial charge on any atom is -0.322 e. The first kappa shape index (κ1) is 9.08. The lowest BCUT2D eigenvalue weighted by Gasteiger charge is -2.17. The highest BCUT2D eigenvalue weighted by Gasteiger charge is 2.15. The van der Waals surface area contributed by atoms with E-state index >= 15 is 0 Å². The molecule has 0 saturated carbocycles. The van der Waals surface area contributed by atoms with E-state index in [0.29, 0.717) is 11.6 Å². The SMILES string of the molecule is Cc1nc2ncc(C(C)(C)N)cn2n1. The smallest absolute Gasteiger partial charge is 0.252 e. The maximum Gasteiger partial charge on any atom is 0.252 e. The fourth-order valence-corrected chi connectivity index (χ4v) is 1.22. The Balaban J connectivity index is 2.62. The first-order valence-electron chi connectivity index (χ1n) is 4.45. The molecule has 2 heterocycles. The third-order valence-electron chi connectivity index (χ3n) is 2.04. The average Bonchev–Trinajstić information content (AvgIpc) is 2.41. The predicted molar refractivity (Wildman–Crippen MR) is 52.7 cm³/mol. The van der Waals surface area contributed by atoms with Crippen molar-refractivity contribution in [2.45, 2.75) is 26.3 Å². The predicted octanol–water partition coefficient (Wildman–Crippen LogP) is 0.627. The van der Waals surface area contributed by atoms with Gasteiger partial charge in [-0.1, -0.05) is 0 Å². The topological polar surface area (TPSA) is 69.1 Å². The van der Waals surface area contributed by atoms with Crippen LogP contribution in [0, 0.1) is 6.92 Å². The Morgan fingerprint density at radius 2 is 2.14 bits per heavy atom. The van der Waals surface area contributed by atoms with Gasteiger partial charge in [0.2, 0.25) is 0 Å². The van der Waals surface area contributed by atoms with Crippen LogP contribution in [-0.2, 0) is 5.54 Å². The van der Waals surface area contributed by atoms with E-state index in [1.165, 1.54) is 0 Å². The Kier molecular flexibility index (Phi) is 1.78. The van der Waals surface area contributed by atoms with Gasteiger partial charge in [-0.05, 0) is 20.8 Å². The van der Waals surface area contributed by atoms with Gasteiger partial charge < -0.3 is 5.73 Å². The largest absolute Gasteiger partial charge is 0.322 e. The molecule has 0 fully saturated rings. The zero-order valence-electron chi connectivity index (χ0n) is 8.52. The van der Waals surface area contributed by atoms with E-state index in [1.54, 1.807) is 10.7 Å². The number of rotatable bonds is 1. The average molecular weight is 191 g/mol. The van der Waals surface area contributed by atoms with Gasteiger partial charge in [0.15, 0.2) is 0 Å². The molecule has 2 aromatic heterocycles. The summed E-state index contributed by atoms with van der Waals surface area (Å²) in [7, 11) is 0. The van der Waals surface area contributed by atoms with Gasteiger partial charge in [0.1, 0.15) is 5.82 Å². The monoisotopic (exact) mass is 191 g/mol. The van der Waals surface area contributed by atoms with Crippen molar-refractivity contribution in [3.05, 3.63) is 23.8 Å². The van der Waals surface area contributed by atoms with Gasteiger partial charge in [-0.2, -0.15) is 10.1 Å². The van der Waals surface area contributed by atoms with Gasteiger partial charge in [-0.15, -0.1) is 0 Å². The molecule has 0 radical (unpaired) electrons. The molecule has 2 N–H and O–H groups in total. The first-order chi connectivity index (χ1) is 6.47. The molecule has 5 heteroatoms. The summed E-state index contributed by atoms with van der Waals surface area (Å²) in [6, 6.07) is 0. The fraction of sp³-hybridized carbons (Fsp3) is 0.444. The third kappa shape index (κ3) is 1.46. The molecule has 2 rings (SSSR count). The quantitative estimate of drug-likeness (QED) is 0.717. The van der Waals surface area contributed by atoms with Crippen molar-refractivity contribution in [2.75, 3.05) is 0 Å². The van der Waals surface area contributed by atoms with Crippen LogP contribution in [0.25, 0.3) is 5.78 Å². The summed E-state index contributed by atoms with van der Waals surface area (Å²) in [6.45, 7) is 5.70. The highest BCUT2D eigenvalue weighted by atomic mass is 15.3. The Hall–Kier alpha value is -1.49. The van der Waals surface area contributed by atoms with Crippen LogP contribution >= 0.6 is 0 Å². The summed E-state index contributed by atoms with van der Waals surface area (Å²) in [6.07, 6.45) is 3.60. The second-order valence-corrected chi connectivity index (χ2v) is 3.97. The molecule has 0 aliphatic heterocycles. The molecule has 0 saturated heterocycles. The van der Waals surface area contributed by atoms with Crippen molar-refractivity contribution < 1.29 is 0 Å². The molecule has 0 aliphatic carbocycles. The lowest BCUT2D eigenvalue weighted by atomic mass is 9.99. The minimum atomic E-state index is -0.402.